The summed E-state index contributed by atoms with van der Waals surface area (Å²) in [5.41, 5.74) is 0. The highest BCUT2D eigenvalue weighted by molar-refractivity contribution is 5.06. The van der Waals surface area contributed by atoms with Gasteiger partial charge in [0, 0.05) is 129 Å². The second-order valence-electron chi connectivity index (χ2n) is 13.5. The third-order valence-corrected chi connectivity index (χ3v) is 11.1. The van der Waals surface area contributed by atoms with Crippen LogP contribution in [0, 0.1) is 0 Å². The van der Waals surface area contributed by atoms with Crippen molar-refractivity contribution < 1.29 is 14.6 Å². The Morgan fingerprint density at radius 1 is 0.634 bits per heavy atom. The highest BCUT2D eigenvalue weighted by Crippen LogP contribution is 2.32. The van der Waals surface area contributed by atoms with Gasteiger partial charge in [0.2, 0.25) is 0 Å². The molecule has 0 aromatic heterocycles. The number of likely N-dealkylation sites (tertiary alicyclic amines) is 2. The van der Waals surface area contributed by atoms with E-state index in [4.69, 9.17) is 9.47 Å². The lowest BCUT2D eigenvalue weighted by molar-refractivity contribution is -0.0823. The van der Waals surface area contributed by atoms with Crippen LogP contribution in [0.2, 0.25) is 0 Å². The standard InChI is InChI=1S/C31H61N7O3/c1-25(34-13-7-28(40-4)8-14-34)29(36-11-5-27(39)6-12-36)31(38-19-17-33(3)18-20-38)30(37-15-9-32-10-16-37)26(2)35-21-23-41-24-22-35/h25-32,39H,5-24H2,1-4H3/t25-,26-,29+,30-,31+/m0/s1. The number of nitrogens with one attached hydrogen (secondary N) is 1. The van der Waals surface area contributed by atoms with Gasteiger partial charge in [0.05, 0.1) is 25.4 Å². The molecule has 0 aromatic rings. The smallest absolute Gasteiger partial charge is 0.0595 e. The minimum atomic E-state index is -0.155. The minimum Gasteiger partial charge on any atom is -0.393 e. The molecule has 0 radical (unpaired) electrons. The number of aliphatic hydroxyl groups is 1. The first-order valence-electron chi connectivity index (χ1n) is 16.8. The van der Waals surface area contributed by atoms with Crippen LogP contribution in [0.1, 0.15) is 39.5 Å². The molecule has 10 heteroatoms. The molecule has 5 atom stereocenters. The average molecular weight is 580 g/mol. The number of likely N-dealkylation sites (N-methyl/N-ethyl adjacent to an activating group) is 1. The van der Waals surface area contributed by atoms with Crippen molar-refractivity contribution >= 4 is 0 Å². The second-order valence-corrected chi connectivity index (χ2v) is 13.5. The molecule has 0 aliphatic carbocycles. The van der Waals surface area contributed by atoms with E-state index in [1.54, 1.807) is 0 Å². The Balaban J connectivity index is 1.52. The molecule has 0 amide bonds. The van der Waals surface area contributed by atoms with Crippen LogP contribution in [0.4, 0.5) is 0 Å². The molecule has 41 heavy (non-hydrogen) atoms. The number of hydrogen-bond acceptors (Lipinski definition) is 10. The van der Waals surface area contributed by atoms with Gasteiger partial charge in [-0.05, 0) is 46.6 Å². The molecule has 5 fully saturated rings. The molecule has 238 valence electrons. The lowest BCUT2D eigenvalue weighted by Crippen LogP contribution is -2.73. The fraction of sp³-hybridized carbons (Fsp3) is 1.00. The summed E-state index contributed by atoms with van der Waals surface area (Å²) in [5, 5.41) is 14.2. The fourth-order valence-electron chi connectivity index (χ4n) is 8.47. The maximum absolute atomic E-state index is 10.5. The van der Waals surface area contributed by atoms with Crippen LogP contribution in [0.3, 0.4) is 0 Å². The highest BCUT2D eigenvalue weighted by atomic mass is 16.5. The number of methoxy groups -OCH3 is 1. The summed E-state index contributed by atoms with van der Waals surface area (Å²) in [6.45, 7) is 21.9. The SMILES string of the molecule is COC1CCN([C@@H](C)[C@H]([C@H]([C@H]([C@H](C)N2CCOCC2)N2CCNCC2)N2CCN(C)CC2)N2CCC(O)CC2)CC1. The summed E-state index contributed by atoms with van der Waals surface area (Å²) in [5.74, 6) is 0. The Morgan fingerprint density at radius 2 is 1.12 bits per heavy atom. The number of morpholine rings is 1. The predicted molar refractivity (Wildman–Crippen MR) is 165 cm³/mol. The summed E-state index contributed by atoms with van der Waals surface area (Å²) < 4.78 is 11.6. The van der Waals surface area contributed by atoms with E-state index in [1.807, 2.05) is 7.11 Å². The number of hydrogen-bond donors (Lipinski definition) is 2. The fourth-order valence-corrected chi connectivity index (χ4v) is 8.47. The first-order chi connectivity index (χ1) is 20.0. The summed E-state index contributed by atoms with van der Waals surface area (Å²) >= 11 is 0. The zero-order valence-corrected chi connectivity index (χ0v) is 26.6. The van der Waals surface area contributed by atoms with Crippen molar-refractivity contribution in [2.45, 2.75) is 81.9 Å². The molecule has 2 N–H and O–H groups in total. The number of piperidine rings is 2. The van der Waals surface area contributed by atoms with Gasteiger partial charge in [0.1, 0.15) is 0 Å². The highest BCUT2D eigenvalue weighted by Gasteiger charge is 2.48. The van der Waals surface area contributed by atoms with Gasteiger partial charge in [0.15, 0.2) is 0 Å². The lowest BCUT2D eigenvalue weighted by Gasteiger charge is -2.57. The molecule has 10 nitrogen and oxygen atoms in total. The Morgan fingerprint density at radius 3 is 1.68 bits per heavy atom. The predicted octanol–water partition coefficient (Wildman–Crippen LogP) is -0.0785. The molecular formula is C31H61N7O3. The number of ether oxygens (including phenoxy) is 2. The third kappa shape index (κ3) is 8.01. The summed E-state index contributed by atoms with van der Waals surface area (Å²) in [6.07, 6.45) is 4.26. The van der Waals surface area contributed by atoms with Crippen LogP contribution in [0.5, 0.6) is 0 Å². The van der Waals surface area contributed by atoms with Crippen molar-refractivity contribution in [1.82, 2.24) is 34.7 Å². The number of nitrogens with zero attached hydrogens (tertiary/aromatic N) is 6. The minimum absolute atomic E-state index is 0.155. The van der Waals surface area contributed by atoms with Crippen molar-refractivity contribution in [2.75, 3.05) is 119 Å². The Labute approximate surface area is 250 Å². The van der Waals surface area contributed by atoms with E-state index < -0.39 is 0 Å². The van der Waals surface area contributed by atoms with E-state index in [2.05, 4.69) is 55.6 Å². The van der Waals surface area contributed by atoms with Gasteiger partial charge in [0.25, 0.3) is 0 Å². The zero-order chi connectivity index (χ0) is 28.8. The molecule has 0 spiro atoms. The van der Waals surface area contributed by atoms with Crippen molar-refractivity contribution in [2.24, 2.45) is 0 Å². The van der Waals surface area contributed by atoms with Crippen molar-refractivity contribution in [1.29, 1.82) is 0 Å². The number of aliphatic hydroxyl groups excluding tert-OH is 1. The second kappa shape index (κ2) is 15.5. The molecule has 0 aromatic carbocycles. The lowest BCUT2D eigenvalue weighted by atomic mass is 9.83. The molecule has 0 saturated carbocycles. The molecule has 5 heterocycles. The topological polar surface area (TPSA) is 70.2 Å². The van der Waals surface area contributed by atoms with Gasteiger partial charge in [-0.2, -0.15) is 0 Å². The van der Waals surface area contributed by atoms with E-state index >= 15 is 0 Å². The quantitative estimate of drug-likeness (QED) is 0.368. The normalized spacial score (nSPS) is 30.7. The molecule has 5 aliphatic heterocycles. The van der Waals surface area contributed by atoms with E-state index in [1.165, 1.54) is 0 Å². The van der Waals surface area contributed by atoms with Gasteiger partial charge < -0.3 is 24.8 Å². The van der Waals surface area contributed by atoms with Crippen LogP contribution >= 0.6 is 0 Å². The summed E-state index contributed by atoms with van der Waals surface area (Å²) in [4.78, 5) is 16.6. The monoisotopic (exact) mass is 579 g/mol. The van der Waals surface area contributed by atoms with Crippen LogP contribution in [0.25, 0.3) is 0 Å². The van der Waals surface area contributed by atoms with E-state index in [-0.39, 0.29) is 6.10 Å². The van der Waals surface area contributed by atoms with Crippen molar-refractivity contribution in [3.05, 3.63) is 0 Å². The zero-order valence-electron chi connectivity index (χ0n) is 26.6. The van der Waals surface area contributed by atoms with Crippen molar-refractivity contribution in [3.63, 3.8) is 0 Å². The Hall–Kier alpha value is -0.400. The van der Waals surface area contributed by atoms with Gasteiger partial charge in [-0.25, -0.2) is 0 Å². The first kappa shape index (κ1) is 32.0. The third-order valence-electron chi connectivity index (χ3n) is 11.1. The van der Waals surface area contributed by atoms with Crippen LogP contribution in [-0.4, -0.2) is 196 Å². The molecule has 0 unspecified atom stereocenters. The maximum Gasteiger partial charge on any atom is 0.0595 e. The number of rotatable bonds is 10. The molecule has 0 bridgehead atoms. The summed E-state index contributed by atoms with van der Waals surface area (Å²) in [7, 11) is 4.16. The molecule has 5 rings (SSSR count). The van der Waals surface area contributed by atoms with Crippen LogP contribution in [-0.2, 0) is 9.47 Å². The van der Waals surface area contributed by atoms with E-state index in [0.717, 1.165) is 131 Å². The van der Waals surface area contributed by atoms with Gasteiger partial charge in [-0.15, -0.1) is 0 Å². The van der Waals surface area contributed by atoms with E-state index in [9.17, 15) is 5.11 Å². The van der Waals surface area contributed by atoms with Crippen LogP contribution < -0.4 is 5.32 Å². The summed E-state index contributed by atoms with van der Waals surface area (Å²) in [6, 6.07) is 2.16. The van der Waals surface area contributed by atoms with Gasteiger partial charge in [-0.1, -0.05) is 0 Å². The van der Waals surface area contributed by atoms with Gasteiger partial charge in [-0.3, -0.25) is 24.5 Å². The molecule has 5 aliphatic rings. The van der Waals surface area contributed by atoms with E-state index in [0.29, 0.717) is 36.3 Å². The first-order valence-corrected chi connectivity index (χ1v) is 16.8. The molecular weight excluding hydrogens is 518 g/mol. The largest absolute Gasteiger partial charge is 0.393 e. The Bertz CT molecular complexity index is 744. The average Bonchev–Trinajstić information content (AvgIpc) is 3.02. The Kier molecular flexibility index (Phi) is 12.1. The van der Waals surface area contributed by atoms with Crippen LogP contribution in [0.15, 0.2) is 0 Å². The maximum atomic E-state index is 10.5. The molecule has 5 saturated heterocycles. The number of piperazine rings is 2. The van der Waals surface area contributed by atoms with Gasteiger partial charge >= 0.3 is 0 Å². The van der Waals surface area contributed by atoms with Crippen molar-refractivity contribution in [3.8, 4) is 0 Å².